The monoisotopic (exact) mass is 422 g/mol. The molecule has 0 amide bonds. The number of hydrogen-bond donors (Lipinski definition) is 0. The zero-order valence-electron chi connectivity index (χ0n) is 16.7. The molecule has 1 saturated heterocycles. The number of imidazole rings is 1. The number of aryl methyl sites for hydroxylation is 1. The molecule has 1 aromatic carbocycles. The summed E-state index contributed by atoms with van der Waals surface area (Å²) < 4.78 is 57.4. The molecule has 0 N–H and O–H groups in total. The molecule has 0 unspecified atom stereocenters. The highest BCUT2D eigenvalue weighted by Crippen LogP contribution is 2.36. The van der Waals surface area contributed by atoms with Crippen LogP contribution in [0.5, 0.6) is 5.75 Å². The van der Waals surface area contributed by atoms with Crippen LogP contribution in [0.1, 0.15) is 30.7 Å². The van der Waals surface area contributed by atoms with Crippen molar-refractivity contribution in [1.82, 2.24) is 19.4 Å². The first-order valence-electron chi connectivity index (χ1n) is 9.75. The first-order chi connectivity index (χ1) is 14.2. The van der Waals surface area contributed by atoms with Crippen molar-refractivity contribution in [3.05, 3.63) is 53.7 Å². The van der Waals surface area contributed by atoms with E-state index in [1.807, 2.05) is 30.7 Å². The van der Waals surface area contributed by atoms with Crippen LogP contribution >= 0.6 is 0 Å². The lowest BCUT2D eigenvalue weighted by atomic mass is 9.81. The molecular formula is C21H22F4N4O. The Balaban J connectivity index is 1.44. The number of piperidine rings is 1. The third-order valence-electron chi connectivity index (χ3n) is 5.71. The zero-order chi connectivity index (χ0) is 21.5. The second-order valence-electron chi connectivity index (χ2n) is 7.77. The second kappa shape index (κ2) is 7.86. The van der Waals surface area contributed by atoms with Crippen LogP contribution in [0, 0.1) is 11.7 Å². The van der Waals surface area contributed by atoms with Gasteiger partial charge in [0.2, 0.25) is 0 Å². The highest BCUT2D eigenvalue weighted by Gasteiger charge is 2.33. The molecule has 2 aromatic heterocycles. The van der Waals surface area contributed by atoms with Crippen LogP contribution in [0.25, 0.3) is 11.2 Å². The molecule has 3 heterocycles. The van der Waals surface area contributed by atoms with Crippen molar-refractivity contribution < 1.29 is 22.3 Å². The van der Waals surface area contributed by atoms with Gasteiger partial charge in [-0.1, -0.05) is 13.0 Å². The van der Waals surface area contributed by atoms with Crippen molar-refractivity contribution in [2.75, 3.05) is 13.1 Å². The number of ether oxygens (including phenoxy) is 1. The standard InChI is InChI=1S/C21H22F4N4O/c1-13-11-29(12-19-27-20-18(28(19)2)4-3-8-26-20)9-7-15(13)16-6-5-14(10-17(16)22)30-21(23,24)25/h3-6,8,10,13,15H,7,9,11-12H2,1-2H3/t13-,15+/m0/s1. The summed E-state index contributed by atoms with van der Waals surface area (Å²) in [6, 6.07) is 7.25. The lowest BCUT2D eigenvalue weighted by Crippen LogP contribution is -2.38. The minimum Gasteiger partial charge on any atom is -0.406 e. The van der Waals surface area contributed by atoms with E-state index in [0.29, 0.717) is 24.2 Å². The maximum atomic E-state index is 14.5. The summed E-state index contributed by atoms with van der Waals surface area (Å²) in [6.07, 6.45) is -2.41. The van der Waals surface area contributed by atoms with E-state index in [2.05, 4.69) is 19.6 Å². The smallest absolute Gasteiger partial charge is 0.406 e. The van der Waals surface area contributed by atoms with Crippen LogP contribution in [-0.2, 0) is 13.6 Å². The van der Waals surface area contributed by atoms with E-state index in [4.69, 9.17) is 0 Å². The average Bonchev–Trinajstić information content (AvgIpc) is 2.97. The SMILES string of the molecule is C[C@H]1CN(Cc2nc3ncccc3n2C)CC[C@H]1c1ccc(OC(F)(F)F)cc1F. The van der Waals surface area contributed by atoms with E-state index in [0.717, 1.165) is 30.5 Å². The maximum Gasteiger partial charge on any atom is 0.573 e. The van der Waals surface area contributed by atoms with Gasteiger partial charge in [0.05, 0.1) is 12.1 Å². The second-order valence-corrected chi connectivity index (χ2v) is 7.77. The summed E-state index contributed by atoms with van der Waals surface area (Å²) in [5, 5.41) is 0. The van der Waals surface area contributed by atoms with Gasteiger partial charge in [-0.2, -0.15) is 0 Å². The molecule has 4 rings (SSSR count). The molecule has 0 aliphatic carbocycles. The van der Waals surface area contributed by atoms with E-state index in [1.165, 1.54) is 12.1 Å². The van der Waals surface area contributed by atoms with Crippen LogP contribution in [-0.4, -0.2) is 38.9 Å². The molecule has 30 heavy (non-hydrogen) atoms. The number of halogens is 4. The average molecular weight is 422 g/mol. The van der Waals surface area contributed by atoms with Crippen molar-refractivity contribution in [1.29, 1.82) is 0 Å². The van der Waals surface area contributed by atoms with Gasteiger partial charge in [0.15, 0.2) is 5.65 Å². The molecule has 1 aliphatic heterocycles. The lowest BCUT2D eigenvalue weighted by Gasteiger charge is -2.37. The van der Waals surface area contributed by atoms with Gasteiger partial charge in [0.25, 0.3) is 0 Å². The molecule has 1 fully saturated rings. The first-order valence-corrected chi connectivity index (χ1v) is 9.75. The molecule has 0 radical (unpaired) electrons. The van der Waals surface area contributed by atoms with E-state index in [1.54, 1.807) is 6.20 Å². The topological polar surface area (TPSA) is 43.2 Å². The van der Waals surface area contributed by atoms with Gasteiger partial charge in [-0.05, 0) is 48.6 Å². The van der Waals surface area contributed by atoms with Gasteiger partial charge in [0, 0.05) is 25.9 Å². The van der Waals surface area contributed by atoms with Gasteiger partial charge < -0.3 is 9.30 Å². The third kappa shape index (κ3) is 4.26. The fourth-order valence-electron chi connectivity index (χ4n) is 4.26. The summed E-state index contributed by atoms with van der Waals surface area (Å²) in [7, 11) is 1.96. The van der Waals surface area contributed by atoms with Crippen molar-refractivity contribution in [2.24, 2.45) is 13.0 Å². The predicted octanol–water partition coefficient (Wildman–Crippen LogP) is 4.63. The van der Waals surface area contributed by atoms with E-state index in [-0.39, 0.29) is 11.8 Å². The Labute approximate surface area is 171 Å². The molecule has 5 nitrogen and oxygen atoms in total. The van der Waals surface area contributed by atoms with Crippen LogP contribution in [0.2, 0.25) is 0 Å². The fraction of sp³-hybridized carbons (Fsp3) is 0.429. The van der Waals surface area contributed by atoms with Crippen molar-refractivity contribution in [3.63, 3.8) is 0 Å². The molecule has 0 spiro atoms. The Kier molecular flexibility index (Phi) is 5.40. The number of likely N-dealkylation sites (tertiary alicyclic amines) is 1. The summed E-state index contributed by atoms with van der Waals surface area (Å²) in [5.74, 6) is -0.222. The number of nitrogens with zero attached hydrogens (tertiary/aromatic N) is 4. The number of hydrogen-bond acceptors (Lipinski definition) is 4. The molecule has 3 aromatic rings. The van der Waals surface area contributed by atoms with Crippen molar-refractivity contribution in [2.45, 2.75) is 32.2 Å². The van der Waals surface area contributed by atoms with E-state index >= 15 is 0 Å². The highest BCUT2D eigenvalue weighted by molar-refractivity contribution is 5.71. The van der Waals surface area contributed by atoms with Crippen LogP contribution < -0.4 is 4.74 Å². The number of rotatable bonds is 4. The molecule has 0 saturated carbocycles. The van der Waals surface area contributed by atoms with Gasteiger partial charge in [-0.25, -0.2) is 14.4 Å². The minimum atomic E-state index is -4.84. The van der Waals surface area contributed by atoms with Gasteiger partial charge in [-0.15, -0.1) is 13.2 Å². The third-order valence-corrected chi connectivity index (χ3v) is 5.71. The first kappa shape index (κ1) is 20.6. The molecule has 0 bridgehead atoms. The highest BCUT2D eigenvalue weighted by atomic mass is 19.4. The Bertz CT molecular complexity index is 1050. The van der Waals surface area contributed by atoms with Crippen LogP contribution in [0.15, 0.2) is 36.5 Å². The molecule has 1 aliphatic rings. The van der Waals surface area contributed by atoms with Gasteiger partial charge >= 0.3 is 6.36 Å². The number of fused-ring (bicyclic) bond motifs is 1. The Morgan fingerprint density at radius 2 is 2.03 bits per heavy atom. The summed E-state index contributed by atoms with van der Waals surface area (Å²) in [6.45, 7) is 4.17. The maximum absolute atomic E-state index is 14.5. The van der Waals surface area contributed by atoms with Gasteiger partial charge in [-0.3, -0.25) is 4.90 Å². The van der Waals surface area contributed by atoms with Gasteiger partial charge in [0.1, 0.15) is 17.4 Å². The summed E-state index contributed by atoms with van der Waals surface area (Å²) >= 11 is 0. The fourth-order valence-corrected chi connectivity index (χ4v) is 4.26. The Hall–Kier alpha value is -2.68. The molecule has 9 heteroatoms. The van der Waals surface area contributed by atoms with E-state index < -0.39 is 17.9 Å². The normalized spacial score (nSPS) is 20.6. The molecular weight excluding hydrogens is 400 g/mol. The Morgan fingerprint density at radius 1 is 1.23 bits per heavy atom. The largest absolute Gasteiger partial charge is 0.573 e. The Morgan fingerprint density at radius 3 is 2.70 bits per heavy atom. The van der Waals surface area contributed by atoms with Crippen molar-refractivity contribution in [3.8, 4) is 5.75 Å². The number of alkyl halides is 3. The van der Waals surface area contributed by atoms with Crippen molar-refractivity contribution >= 4 is 11.2 Å². The van der Waals surface area contributed by atoms with Crippen LogP contribution in [0.3, 0.4) is 0 Å². The molecule has 2 atom stereocenters. The summed E-state index contributed by atoms with van der Waals surface area (Å²) in [5.41, 5.74) is 2.11. The predicted molar refractivity (Wildman–Crippen MR) is 103 cm³/mol. The van der Waals surface area contributed by atoms with Crippen LogP contribution in [0.4, 0.5) is 17.6 Å². The number of pyridine rings is 1. The summed E-state index contributed by atoms with van der Waals surface area (Å²) in [4.78, 5) is 11.2. The zero-order valence-corrected chi connectivity index (χ0v) is 16.7. The quantitative estimate of drug-likeness (QED) is 0.575. The molecule has 160 valence electrons. The minimum absolute atomic E-state index is 0.0664. The lowest BCUT2D eigenvalue weighted by molar-refractivity contribution is -0.274. The number of aromatic nitrogens is 3. The number of benzene rings is 1. The van der Waals surface area contributed by atoms with E-state index in [9.17, 15) is 17.6 Å².